The summed E-state index contributed by atoms with van der Waals surface area (Å²) in [6.45, 7) is 6.27. The summed E-state index contributed by atoms with van der Waals surface area (Å²) in [4.78, 5) is 33.2. The zero-order valence-corrected chi connectivity index (χ0v) is 13.4. The Hall–Kier alpha value is -2.17. The van der Waals surface area contributed by atoms with E-state index in [2.05, 4.69) is 16.9 Å². The van der Waals surface area contributed by atoms with Crippen molar-refractivity contribution >= 4 is 16.8 Å². The van der Waals surface area contributed by atoms with E-state index in [-0.39, 0.29) is 17.5 Å². The predicted octanol–water partition coefficient (Wildman–Crippen LogP) is 3.02. The minimum absolute atomic E-state index is 0.000546. The first-order valence-electron chi connectivity index (χ1n) is 7.80. The number of rotatable bonds is 6. The lowest BCUT2D eigenvalue weighted by molar-refractivity contribution is -0.131. The highest BCUT2D eigenvalue weighted by atomic mass is 16.2. The summed E-state index contributed by atoms with van der Waals surface area (Å²) in [5.74, 6) is 0.537. The van der Waals surface area contributed by atoms with Crippen molar-refractivity contribution in [3.05, 3.63) is 40.4 Å². The van der Waals surface area contributed by atoms with E-state index >= 15 is 0 Å². The largest absolute Gasteiger partial charge is 0.333 e. The summed E-state index contributed by atoms with van der Waals surface area (Å²) in [5.41, 5.74) is 0.495. The van der Waals surface area contributed by atoms with Gasteiger partial charge in [0.2, 0.25) is 5.91 Å². The van der Waals surface area contributed by atoms with Gasteiger partial charge >= 0.3 is 0 Å². The van der Waals surface area contributed by atoms with Crippen LogP contribution in [-0.2, 0) is 4.79 Å². The van der Waals surface area contributed by atoms with E-state index in [1.165, 1.54) is 0 Å². The molecule has 118 valence electrons. The molecular weight excluding hydrogens is 278 g/mol. The van der Waals surface area contributed by atoms with Gasteiger partial charge in [0.25, 0.3) is 5.56 Å². The van der Waals surface area contributed by atoms with Gasteiger partial charge in [-0.1, -0.05) is 31.9 Å². The number of aromatic amines is 1. The Morgan fingerprint density at radius 2 is 2.05 bits per heavy atom. The standard InChI is InChI=1S/C17H23N3O2/c1-4-5-8-11-20(13(3)21)12(2)16-18-15-10-7-6-9-14(15)17(22)19-16/h6-7,9-10,12H,4-5,8,11H2,1-3H3,(H,18,19,22)/t12-/m0/s1. The molecule has 1 aromatic carbocycles. The number of amides is 1. The van der Waals surface area contributed by atoms with E-state index in [9.17, 15) is 9.59 Å². The third-order valence-corrected chi connectivity index (χ3v) is 3.90. The molecular formula is C17H23N3O2. The maximum absolute atomic E-state index is 12.2. The van der Waals surface area contributed by atoms with E-state index in [0.717, 1.165) is 19.3 Å². The maximum atomic E-state index is 12.2. The number of fused-ring (bicyclic) bond motifs is 1. The minimum atomic E-state index is -0.244. The molecule has 22 heavy (non-hydrogen) atoms. The number of nitrogens with zero attached hydrogens (tertiary/aromatic N) is 2. The minimum Gasteiger partial charge on any atom is -0.333 e. The van der Waals surface area contributed by atoms with Crippen molar-refractivity contribution in [3.8, 4) is 0 Å². The second kappa shape index (κ2) is 7.20. The zero-order valence-electron chi connectivity index (χ0n) is 13.4. The van der Waals surface area contributed by atoms with Crippen LogP contribution in [0.1, 0.15) is 51.9 Å². The van der Waals surface area contributed by atoms with Crippen LogP contribution in [0.2, 0.25) is 0 Å². The van der Waals surface area contributed by atoms with Crippen LogP contribution in [0.5, 0.6) is 0 Å². The van der Waals surface area contributed by atoms with Crippen LogP contribution in [0, 0.1) is 0 Å². The van der Waals surface area contributed by atoms with Crippen LogP contribution in [0.3, 0.4) is 0 Å². The normalized spacial score (nSPS) is 12.3. The van der Waals surface area contributed by atoms with Crippen LogP contribution in [0.25, 0.3) is 10.9 Å². The van der Waals surface area contributed by atoms with Gasteiger partial charge in [-0.3, -0.25) is 9.59 Å². The molecule has 1 heterocycles. The predicted molar refractivity (Wildman–Crippen MR) is 87.7 cm³/mol. The number of carbonyl (C=O) groups is 1. The monoisotopic (exact) mass is 301 g/mol. The summed E-state index contributed by atoms with van der Waals surface area (Å²) in [6, 6.07) is 6.99. The molecule has 1 N–H and O–H groups in total. The first-order chi connectivity index (χ1) is 10.5. The van der Waals surface area contributed by atoms with Crippen LogP contribution in [0.4, 0.5) is 0 Å². The lowest BCUT2D eigenvalue weighted by Gasteiger charge is -2.27. The van der Waals surface area contributed by atoms with Gasteiger partial charge in [-0.2, -0.15) is 0 Å². The lowest BCUT2D eigenvalue weighted by Crippen LogP contribution is -2.34. The number of hydrogen-bond donors (Lipinski definition) is 1. The number of carbonyl (C=O) groups excluding carboxylic acids is 1. The van der Waals surface area contributed by atoms with Crippen molar-refractivity contribution in [2.45, 2.75) is 46.1 Å². The molecule has 1 amide bonds. The summed E-state index contributed by atoms with van der Waals surface area (Å²) in [6.07, 6.45) is 3.14. The Labute approximate surface area is 130 Å². The summed E-state index contributed by atoms with van der Waals surface area (Å²) in [7, 11) is 0. The molecule has 0 bridgehead atoms. The summed E-state index contributed by atoms with van der Waals surface area (Å²) < 4.78 is 0. The fourth-order valence-electron chi connectivity index (χ4n) is 2.61. The zero-order chi connectivity index (χ0) is 16.1. The second-order valence-corrected chi connectivity index (χ2v) is 5.56. The van der Waals surface area contributed by atoms with Crippen LogP contribution in [-0.4, -0.2) is 27.3 Å². The van der Waals surface area contributed by atoms with Crippen LogP contribution >= 0.6 is 0 Å². The van der Waals surface area contributed by atoms with Crippen molar-refractivity contribution in [2.24, 2.45) is 0 Å². The number of aromatic nitrogens is 2. The lowest BCUT2D eigenvalue weighted by atomic mass is 10.2. The quantitative estimate of drug-likeness (QED) is 0.834. The number of unbranched alkanes of at least 4 members (excludes halogenated alkanes) is 2. The van der Waals surface area contributed by atoms with Gasteiger partial charge in [0.15, 0.2) is 0 Å². The molecule has 1 aromatic heterocycles. The van der Waals surface area contributed by atoms with Gasteiger partial charge in [-0.15, -0.1) is 0 Å². The van der Waals surface area contributed by atoms with Crippen molar-refractivity contribution in [2.75, 3.05) is 6.54 Å². The van der Waals surface area contributed by atoms with Gasteiger partial charge in [-0.25, -0.2) is 4.98 Å². The van der Waals surface area contributed by atoms with Crippen molar-refractivity contribution in [1.82, 2.24) is 14.9 Å². The van der Waals surface area contributed by atoms with E-state index in [0.29, 0.717) is 23.3 Å². The molecule has 0 saturated carbocycles. The molecule has 0 aliphatic carbocycles. The molecule has 0 aliphatic rings. The third-order valence-electron chi connectivity index (χ3n) is 3.90. The summed E-state index contributed by atoms with van der Waals surface area (Å²) >= 11 is 0. The summed E-state index contributed by atoms with van der Waals surface area (Å²) in [5, 5.41) is 0.568. The highest BCUT2D eigenvalue weighted by Crippen LogP contribution is 2.18. The Morgan fingerprint density at radius 1 is 1.32 bits per heavy atom. The number of H-pyrrole nitrogens is 1. The van der Waals surface area contributed by atoms with Crippen LogP contribution < -0.4 is 5.56 Å². The van der Waals surface area contributed by atoms with E-state index in [1.54, 1.807) is 17.9 Å². The van der Waals surface area contributed by atoms with Crippen molar-refractivity contribution in [1.29, 1.82) is 0 Å². The van der Waals surface area contributed by atoms with Gasteiger partial charge in [0, 0.05) is 13.5 Å². The van der Waals surface area contributed by atoms with E-state index in [1.807, 2.05) is 25.1 Å². The molecule has 2 aromatic rings. The van der Waals surface area contributed by atoms with Gasteiger partial charge in [0.1, 0.15) is 5.82 Å². The Bertz CT molecular complexity index is 708. The smallest absolute Gasteiger partial charge is 0.258 e. The Balaban J connectivity index is 2.32. The molecule has 2 rings (SSSR count). The molecule has 0 spiro atoms. The molecule has 1 atom stereocenters. The average Bonchev–Trinajstić information content (AvgIpc) is 2.50. The van der Waals surface area contributed by atoms with Gasteiger partial charge in [-0.05, 0) is 25.5 Å². The first-order valence-corrected chi connectivity index (χ1v) is 7.80. The number of para-hydroxylation sites is 1. The fourth-order valence-corrected chi connectivity index (χ4v) is 2.61. The van der Waals surface area contributed by atoms with Gasteiger partial charge < -0.3 is 9.88 Å². The highest BCUT2D eigenvalue weighted by Gasteiger charge is 2.20. The SMILES string of the molecule is CCCCCN(C(C)=O)[C@@H](C)c1nc2ccccc2c(=O)[nH]1. The third kappa shape index (κ3) is 3.53. The molecule has 0 aliphatic heterocycles. The van der Waals surface area contributed by atoms with Crippen molar-refractivity contribution in [3.63, 3.8) is 0 Å². The Kier molecular flexibility index (Phi) is 5.31. The fraction of sp³-hybridized carbons (Fsp3) is 0.471. The van der Waals surface area contributed by atoms with Gasteiger partial charge in [0.05, 0.1) is 16.9 Å². The maximum Gasteiger partial charge on any atom is 0.258 e. The van der Waals surface area contributed by atoms with E-state index in [4.69, 9.17) is 0 Å². The highest BCUT2D eigenvalue weighted by molar-refractivity contribution is 5.77. The molecule has 0 saturated heterocycles. The number of nitrogens with one attached hydrogen (secondary N) is 1. The molecule has 0 fully saturated rings. The number of benzene rings is 1. The first kappa shape index (κ1) is 16.2. The van der Waals surface area contributed by atoms with E-state index < -0.39 is 0 Å². The second-order valence-electron chi connectivity index (χ2n) is 5.56. The average molecular weight is 301 g/mol. The number of hydrogen-bond acceptors (Lipinski definition) is 3. The Morgan fingerprint density at radius 3 is 2.73 bits per heavy atom. The van der Waals surface area contributed by atoms with Crippen molar-refractivity contribution < 1.29 is 4.79 Å². The molecule has 0 radical (unpaired) electrons. The van der Waals surface area contributed by atoms with Crippen LogP contribution in [0.15, 0.2) is 29.1 Å². The molecule has 0 unspecified atom stereocenters. The topological polar surface area (TPSA) is 66.1 Å². The molecule has 5 nitrogen and oxygen atoms in total. The molecule has 5 heteroatoms.